The van der Waals surface area contributed by atoms with Crippen molar-refractivity contribution in [2.45, 2.75) is 32.7 Å². The molecule has 2 atom stereocenters. The van der Waals surface area contributed by atoms with Crippen LogP contribution in [0.1, 0.15) is 37.0 Å². The lowest BCUT2D eigenvalue weighted by atomic mass is 9.80. The highest BCUT2D eigenvalue weighted by Gasteiger charge is 2.42. The van der Waals surface area contributed by atoms with Crippen molar-refractivity contribution in [3.8, 4) is 0 Å². The van der Waals surface area contributed by atoms with Gasteiger partial charge in [-0.3, -0.25) is 9.59 Å². The summed E-state index contributed by atoms with van der Waals surface area (Å²) in [7, 11) is 1.50. The van der Waals surface area contributed by atoms with Crippen molar-refractivity contribution in [2.75, 3.05) is 20.1 Å². The van der Waals surface area contributed by atoms with Gasteiger partial charge < -0.3 is 14.9 Å². The van der Waals surface area contributed by atoms with Crippen LogP contribution in [0, 0.1) is 5.41 Å². The number of likely N-dealkylation sites (tertiary alicyclic amines) is 1. The Kier molecular flexibility index (Phi) is 5.26. The van der Waals surface area contributed by atoms with E-state index >= 15 is 0 Å². The molecule has 24 heavy (non-hydrogen) atoms. The summed E-state index contributed by atoms with van der Waals surface area (Å²) in [5, 5.41) is 9.11. The van der Waals surface area contributed by atoms with Gasteiger partial charge in [-0.2, -0.15) is 0 Å². The average molecular weight is 332 g/mol. The first-order chi connectivity index (χ1) is 11.3. The van der Waals surface area contributed by atoms with E-state index in [1.165, 1.54) is 18.9 Å². The summed E-state index contributed by atoms with van der Waals surface area (Å²) in [4.78, 5) is 39.5. The van der Waals surface area contributed by atoms with Crippen molar-refractivity contribution in [1.82, 2.24) is 9.80 Å². The predicted octanol–water partition coefficient (Wildman–Crippen LogP) is 1.86. The minimum atomic E-state index is -1.04. The summed E-state index contributed by atoms with van der Waals surface area (Å²) in [6, 6.07) is 8.09. The quantitative estimate of drug-likeness (QED) is 0.913. The van der Waals surface area contributed by atoms with Crippen LogP contribution in [-0.2, 0) is 9.59 Å². The third kappa shape index (κ3) is 3.58. The maximum absolute atomic E-state index is 12.8. The van der Waals surface area contributed by atoms with Crippen LogP contribution in [0.2, 0.25) is 0 Å². The SMILES string of the molecule is CC(C(=O)O)N(C)C(=O)C1(C)CCCN(C(=O)c2ccccc2)C1. The lowest BCUT2D eigenvalue weighted by molar-refractivity contribution is -0.154. The highest BCUT2D eigenvalue weighted by Crippen LogP contribution is 2.32. The molecular formula is C18H24N2O4. The zero-order valence-electron chi connectivity index (χ0n) is 14.4. The van der Waals surface area contributed by atoms with Gasteiger partial charge in [0.25, 0.3) is 5.91 Å². The Hall–Kier alpha value is -2.37. The summed E-state index contributed by atoms with van der Waals surface area (Å²) in [6.45, 7) is 4.20. The van der Waals surface area contributed by atoms with Gasteiger partial charge in [-0.05, 0) is 38.8 Å². The van der Waals surface area contributed by atoms with E-state index in [2.05, 4.69) is 0 Å². The third-order valence-corrected chi connectivity index (χ3v) is 4.78. The predicted molar refractivity (Wildman–Crippen MR) is 89.6 cm³/mol. The summed E-state index contributed by atoms with van der Waals surface area (Å²) in [5.74, 6) is -1.37. The molecule has 2 unspecified atom stereocenters. The number of carbonyl (C=O) groups is 3. The minimum Gasteiger partial charge on any atom is -0.480 e. The summed E-state index contributed by atoms with van der Waals surface area (Å²) in [5.41, 5.74) is -0.164. The first-order valence-electron chi connectivity index (χ1n) is 8.10. The van der Waals surface area contributed by atoms with Crippen molar-refractivity contribution in [3.63, 3.8) is 0 Å². The van der Waals surface area contributed by atoms with Crippen LogP contribution < -0.4 is 0 Å². The van der Waals surface area contributed by atoms with E-state index < -0.39 is 17.4 Å². The number of hydrogen-bond acceptors (Lipinski definition) is 3. The van der Waals surface area contributed by atoms with Crippen molar-refractivity contribution in [3.05, 3.63) is 35.9 Å². The average Bonchev–Trinajstić information content (AvgIpc) is 2.59. The first kappa shape index (κ1) is 18.0. The molecule has 1 fully saturated rings. The molecule has 0 aromatic heterocycles. The lowest BCUT2D eigenvalue weighted by Gasteiger charge is -2.41. The molecule has 1 saturated heterocycles. The van der Waals surface area contributed by atoms with E-state index in [1.807, 2.05) is 25.1 Å². The Morgan fingerprint density at radius 2 is 1.88 bits per heavy atom. The Balaban J connectivity index is 2.15. The highest BCUT2D eigenvalue weighted by molar-refractivity contribution is 5.95. The zero-order chi connectivity index (χ0) is 17.9. The van der Waals surface area contributed by atoms with Crippen molar-refractivity contribution >= 4 is 17.8 Å². The fourth-order valence-corrected chi connectivity index (χ4v) is 3.12. The van der Waals surface area contributed by atoms with E-state index in [-0.39, 0.29) is 11.8 Å². The number of amides is 2. The summed E-state index contributed by atoms with van der Waals surface area (Å²) >= 11 is 0. The Morgan fingerprint density at radius 3 is 2.46 bits per heavy atom. The normalized spacial score (nSPS) is 21.9. The Labute approximate surface area is 142 Å². The molecule has 0 spiro atoms. The molecule has 1 N–H and O–H groups in total. The summed E-state index contributed by atoms with van der Waals surface area (Å²) < 4.78 is 0. The maximum atomic E-state index is 12.8. The topological polar surface area (TPSA) is 77.9 Å². The second-order valence-corrected chi connectivity index (χ2v) is 6.69. The molecule has 0 saturated carbocycles. The number of hydrogen-bond donors (Lipinski definition) is 1. The number of aliphatic carboxylic acids is 1. The van der Waals surface area contributed by atoms with Gasteiger partial charge in [0, 0.05) is 25.7 Å². The number of carboxylic acids is 1. The number of likely N-dealkylation sites (N-methyl/N-ethyl adjacent to an activating group) is 1. The molecular weight excluding hydrogens is 308 g/mol. The third-order valence-electron chi connectivity index (χ3n) is 4.78. The van der Waals surface area contributed by atoms with Gasteiger partial charge in [0.05, 0.1) is 5.41 Å². The minimum absolute atomic E-state index is 0.0942. The van der Waals surface area contributed by atoms with E-state index in [1.54, 1.807) is 17.0 Å². The van der Waals surface area contributed by atoms with Crippen LogP contribution in [0.15, 0.2) is 30.3 Å². The van der Waals surface area contributed by atoms with Crippen molar-refractivity contribution in [1.29, 1.82) is 0 Å². The molecule has 6 nitrogen and oxygen atoms in total. The molecule has 1 aliphatic rings. The van der Waals surface area contributed by atoms with E-state index in [0.29, 0.717) is 25.1 Å². The molecule has 0 radical (unpaired) electrons. The van der Waals surface area contributed by atoms with Gasteiger partial charge in [-0.1, -0.05) is 18.2 Å². The molecule has 2 amide bonds. The van der Waals surface area contributed by atoms with Crippen LogP contribution >= 0.6 is 0 Å². The number of carboxylic acid groups (broad SMARTS) is 1. The van der Waals surface area contributed by atoms with Gasteiger partial charge in [-0.25, -0.2) is 4.79 Å². The standard InChI is InChI=1S/C18H24N2O4/c1-13(16(22)23)19(3)17(24)18(2)10-7-11-20(12-18)15(21)14-8-5-4-6-9-14/h4-6,8-9,13H,7,10-12H2,1-3H3,(H,22,23). The first-order valence-corrected chi connectivity index (χ1v) is 8.10. The molecule has 130 valence electrons. The van der Waals surface area contributed by atoms with Gasteiger partial charge >= 0.3 is 5.97 Å². The van der Waals surface area contributed by atoms with Crippen LogP contribution in [-0.4, -0.2) is 58.9 Å². The number of rotatable bonds is 4. The zero-order valence-corrected chi connectivity index (χ0v) is 14.4. The molecule has 1 aromatic rings. The lowest BCUT2D eigenvalue weighted by Crippen LogP contribution is -2.54. The van der Waals surface area contributed by atoms with E-state index in [9.17, 15) is 14.4 Å². The summed E-state index contributed by atoms with van der Waals surface area (Å²) in [6.07, 6.45) is 1.36. The van der Waals surface area contributed by atoms with Crippen LogP contribution in [0.4, 0.5) is 0 Å². The molecule has 6 heteroatoms. The van der Waals surface area contributed by atoms with Crippen molar-refractivity contribution in [2.24, 2.45) is 5.41 Å². The van der Waals surface area contributed by atoms with Gasteiger partial charge in [0.2, 0.25) is 5.91 Å². The Morgan fingerprint density at radius 1 is 1.25 bits per heavy atom. The van der Waals surface area contributed by atoms with Gasteiger partial charge in [0.1, 0.15) is 6.04 Å². The smallest absolute Gasteiger partial charge is 0.326 e. The van der Waals surface area contributed by atoms with Crippen LogP contribution in [0.5, 0.6) is 0 Å². The van der Waals surface area contributed by atoms with E-state index in [4.69, 9.17) is 5.11 Å². The fourth-order valence-electron chi connectivity index (χ4n) is 3.12. The number of carbonyl (C=O) groups excluding carboxylic acids is 2. The van der Waals surface area contributed by atoms with Crippen LogP contribution in [0.25, 0.3) is 0 Å². The maximum Gasteiger partial charge on any atom is 0.326 e. The molecule has 1 aromatic carbocycles. The monoisotopic (exact) mass is 332 g/mol. The van der Waals surface area contributed by atoms with Gasteiger partial charge in [0.15, 0.2) is 0 Å². The number of piperidine rings is 1. The fraction of sp³-hybridized carbons (Fsp3) is 0.500. The van der Waals surface area contributed by atoms with Crippen molar-refractivity contribution < 1.29 is 19.5 Å². The molecule has 0 bridgehead atoms. The second-order valence-electron chi connectivity index (χ2n) is 6.69. The molecule has 2 rings (SSSR count). The Bertz CT molecular complexity index is 631. The number of benzene rings is 1. The second kappa shape index (κ2) is 7.03. The molecule has 0 aliphatic carbocycles. The number of nitrogens with zero attached hydrogens (tertiary/aromatic N) is 2. The van der Waals surface area contributed by atoms with E-state index in [0.717, 1.165) is 6.42 Å². The van der Waals surface area contributed by atoms with Gasteiger partial charge in [-0.15, -0.1) is 0 Å². The molecule has 1 heterocycles. The highest BCUT2D eigenvalue weighted by atomic mass is 16.4. The van der Waals surface area contributed by atoms with Crippen LogP contribution in [0.3, 0.4) is 0 Å². The largest absolute Gasteiger partial charge is 0.480 e. The molecule has 1 aliphatic heterocycles.